The van der Waals surface area contributed by atoms with Crippen molar-refractivity contribution in [2.45, 2.75) is 87.0 Å². The van der Waals surface area contributed by atoms with Gasteiger partial charge in [-0.3, -0.25) is 0 Å². The molecule has 196 valence electrons. The fourth-order valence-electron chi connectivity index (χ4n) is 3.86. The Bertz CT molecular complexity index is 833. The zero-order valence-electron chi connectivity index (χ0n) is 19.1. The molecule has 3 aliphatic rings. The van der Waals surface area contributed by atoms with Crippen molar-refractivity contribution < 1.29 is 59.4 Å². The molecule has 3 aliphatic heterocycles. The van der Waals surface area contributed by atoms with E-state index in [9.17, 15) is 35.7 Å². The molecule has 1 unspecified atom stereocenters. The number of hydrogen-bond acceptors (Lipinski definition) is 12. The van der Waals surface area contributed by atoms with Gasteiger partial charge in [-0.2, -0.15) is 0 Å². The van der Waals surface area contributed by atoms with Gasteiger partial charge in [-0.25, -0.2) is 0 Å². The van der Waals surface area contributed by atoms with Crippen LogP contribution in [0.4, 0.5) is 0 Å². The van der Waals surface area contributed by atoms with Crippen molar-refractivity contribution >= 4 is 0 Å². The Morgan fingerprint density at radius 1 is 0.886 bits per heavy atom. The normalized spacial score (nSPS) is 43.9. The molecule has 0 aromatic carbocycles. The lowest BCUT2D eigenvalue weighted by molar-refractivity contribution is -0.358. The highest BCUT2D eigenvalue weighted by molar-refractivity contribution is 5.32. The minimum absolute atomic E-state index is 0.342. The molecule has 3 rings (SSSR count). The van der Waals surface area contributed by atoms with Crippen LogP contribution in [0, 0.1) is 23.7 Å². The summed E-state index contributed by atoms with van der Waals surface area (Å²) in [6.45, 7) is 1.04. The van der Waals surface area contributed by atoms with E-state index >= 15 is 0 Å². The summed E-state index contributed by atoms with van der Waals surface area (Å²) in [5, 5.41) is 70.3. The van der Waals surface area contributed by atoms with Gasteiger partial charge in [0, 0.05) is 6.42 Å². The molecule has 0 aromatic heterocycles. The second-order valence-corrected chi connectivity index (χ2v) is 8.39. The summed E-state index contributed by atoms with van der Waals surface area (Å²) in [7, 11) is 0. The number of rotatable bonds is 6. The summed E-state index contributed by atoms with van der Waals surface area (Å²) in [6, 6.07) is 0. The van der Waals surface area contributed by atoms with E-state index in [2.05, 4.69) is 23.7 Å². The van der Waals surface area contributed by atoms with Gasteiger partial charge in [-0.15, -0.1) is 0 Å². The molecule has 0 bridgehead atoms. The average Bonchev–Trinajstić information content (AvgIpc) is 3.31. The SMILES string of the molecule is C/C=C\C#CC#CC1(O[C@@H]2O[C@H](CO[C@@H]3O[C@H](CO)[C@@H](O)[C@H](O)[C@H]3O)[C@@H](O)[C@H](O)[C@H]2O)CCCO1. The standard InChI is InChI=1S/C23H32O12/c1-2-3-4-5-6-8-23(9-7-10-32-23)35-22-20(30)18(28)16(26)14(34-22)12-31-21-19(29)17(27)15(25)13(11-24)33-21/h2-3,13-22,24-30H,7,9-12H2,1H3/b3-2-/t13-,14-,15-,16-,17+,18+,19-,20-,21-,22+,23?/m1/s1. The Morgan fingerprint density at radius 3 is 2.17 bits per heavy atom. The van der Waals surface area contributed by atoms with E-state index in [-0.39, 0.29) is 0 Å². The van der Waals surface area contributed by atoms with Crippen LogP contribution in [0.1, 0.15) is 19.8 Å². The van der Waals surface area contributed by atoms with Crippen LogP contribution < -0.4 is 0 Å². The molecule has 3 heterocycles. The minimum atomic E-state index is -1.68. The molecule has 12 nitrogen and oxygen atoms in total. The molecule has 0 spiro atoms. The summed E-state index contributed by atoms with van der Waals surface area (Å²) in [4.78, 5) is 0. The highest BCUT2D eigenvalue weighted by Gasteiger charge is 2.50. The summed E-state index contributed by atoms with van der Waals surface area (Å²) < 4.78 is 27.8. The van der Waals surface area contributed by atoms with Gasteiger partial charge in [-0.05, 0) is 37.2 Å². The molecule has 3 fully saturated rings. The van der Waals surface area contributed by atoms with Crippen molar-refractivity contribution in [1.82, 2.24) is 0 Å². The van der Waals surface area contributed by atoms with Gasteiger partial charge in [0.15, 0.2) is 12.6 Å². The number of hydrogen-bond donors (Lipinski definition) is 7. The highest BCUT2D eigenvalue weighted by Crippen LogP contribution is 2.33. The van der Waals surface area contributed by atoms with Gasteiger partial charge in [0.1, 0.15) is 48.8 Å². The quantitative estimate of drug-likeness (QED) is 0.181. The van der Waals surface area contributed by atoms with Crippen LogP contribution in [0.5, 0.6) is 0 Å². The van der Waals surface area contributed by atoms with E-state index in [0.717, 1.165) is 0 Å². The van der Waals surface area contributed by atoms with Crippen molar-refractivity contribution in [3.63, 3.8) is 0 Å². The van der Waals surface area contributed by atoms with Gasteiger partial charge in [-0.1, -0.05) is 12.0 Å². The molecular weight excluding hydrogens is 468 g/mol. The van der Waals surface area contributed by atoms with Gasteiger partial charge < -0.3 is 59.4 Å². The Balaban J connectivity index is 1.68. The smallest absolute Gasteiger partial charge is 0.236 e. The minimum Gasteiger partial charge on any atom is -0.394 e. The second kappa shape index (κ2) is 12.6. The van der Waals surface area contributed by atoms with E-state index in [4.69, 9.17) is 23.7 Å². The van der Waals surface area contributed by atoms with Crippen LogP contribution in [-0.4, -0.2) is 123 Å². The maximum atomic E-state index is 10.4. The van der Waals surface area contributed by atoms with Crippen molar-refractivity contribution in [3.05, 3.63) is 12.2 Å². The Hall–Kier alpha value is -1.62. The van der Waals surface area contributed by atoms with Crippen LogP contribution in [0.25, 0.3) is 0 Å². The Morgan fingerprint density at radius 2 is 1.54 bits per heavy atom. The topological polar surface area (TPSA) is 188 Å². The van der Waals surface area contributed by atoms with Gasteiger partial charge in [0.25, 0.3) is 0 Å². The third kappa shape index (κ3) is 6.58. The third-order valence-electron chi connectivity index (χ3n) is 5.87. The number of ether oxygens (including phenoxy) is 5. The number of aliphatic hydroxyl groups is 7. The molecule has 0 radical (unpaired) electrons. The predicted octanol–water partition coefficient (Wildman–Crippen LogP) is -3.28. The van der Waals surface area contributed by atoms with E-state index < -0.39 is 80.4 Å². The van der Waals surface area contributed by atoms with Crippen LogP contribution in [0.15, 0.2) is 12.2 Å². The highest BCUT2D eigenvalue weighted by atomic mass is 16.8. The number of aliphatic hydroxyl groups excluding tert-OH is 7. The molecular formula is C23H32O12. The van der Waals surface area contributed by atoms with Gasteiger partial charge in [0.05, 0.1) is 19.8 Å². The van der Waals surface area contributed by atoms with Crippen molar-refractivity contribution in [3.8, 4) is 23.7 Å². The third-order valence-corrected chi connectivity index (χ3v) is 5.87. The molecule has 11 atom stereocenters. The van der Waals surface area contributed by atoms with E-state index in [1.54, 1.807) is 12.2 Å². The first-order valence-corrected chi connectivity index (χ1v) is 11.3. The van der Waals surface area contributed by atoms with Crippen LogP contribution in [0.2, 0.25) is 0 Å². The van der Waals surface area contributed by atoms with Gasteiger partial charge >= 0.3 is 0 Å². The zero-order chi connectivity index (χ0) is 25.6. The van der Waals surface area contributed by atoms with E-state index in [1.165, 1.54) is 0 Å². The van der Waals surface area contributed by atoms with Crippen molar-refractivity contribution in [2.24, 2.45) is 0 Å². The molecule has 35 heavy (non-hydrogen) atoms. The fraction of sp³-hybridized carbons (Fsp3) is 0.739. The van der Waals surface area contributed by atoms with Crippen molar-refractivity contribution in [2.75, 3.05) is 19.8 Å². The first-order valence-electron chi connectivity index (χ1n) is 11.3. The average molecular weight is 500 g/mol. The van der Waals surface area contributed by atoms with E-state index in [0.29, 0.717) is 19.4 Å². The lowest BCUT2D eigenvalue weighted by Crippen LogP contribution is -2.62. The lowest BCUT2D eigenvalue weighted by Gasteiger charge is -2.43. The maximum absolute atomic E-state index is 10.4. The van der Waals surface area contributed by atoms with Crippen molar-refractivity contribution in [1.29, 1.82) is 0 Å². The Kier molecular flexibility index (Phi) is 10.0. The van der Waals surface area contributed by atoms with Crippen LogP contribution >= 0.6 is 0 Å². The fourth-order valence-corrected chi connectivity index (χ4v) is 3.86. The second-order valence-electron chi connectivity index (χ2n) is 8.39. The Labute approximate surface area is 202 Å². The van der Waals surface area contributed by atoms with Crippen LogP contribution in [0.3, 0.4) is 0 Å². The predicted molar refractivity (Wildman–Crippen MR) is 116 cm³/mol. The zero-order valence-corrected chi connectivity index (χ0v) is 19.1. The monoisotopic (exact) mass is 500 g/mol. The molecule has 0 aromatic rings. The summed E-state index contributed by atoms with van der Waals surface area (Å²) in [5.74, 6) is 9.30. The number of allylic oxidation sites excluding steroid dienone is 2. The summed E-state index contributed by atoms with van der Waals surface area (Å²) in [5.41, 5.74) is 0. The summed E-state index contributed by atoms with van der Waals surface area (Å²) in [6.07, 6.45) is -10.9. The van der Waals surface area contributed by atoms with E-state index in [1.807, 2.05) is 6.92 Å². The first-order chi connectivity index (χ1) is 16.7. The van der Waals surface area contributed by atoms with Gasteiger partial charge in [0.2, 0.25) is 5.79 Å². The molecule has 7 N–H and O–H groups in total. The largest absolute Gasteiger partial charge is 0.394 e. The van der Waals surface area contributed by atoms with Crippen LogP contribution in [-0.2, 0) is 23.7 Å². The molecule has 0 aliphatic carbocycles. The molecule has 0 amide bonds. The molecule has 0 saturated carbocycles. The molecule has 12 heteroatoms. The first kappa shape index (κ1) is 28.0. The maximum Gasteiger partial charge on any atom is 0.236 e. The summed E-state index contributed by atoms with van der Waals surface area (Å²) >= 11 is 0. The molecule has 3 saturated heterocycles. The lowest BCUT2D eigenvalue weighted by atomic mass is 9.98.